The van der Waals surface area contributed by atoms with Crippen LogP contribution >= 0.6 is 0 Å². The lowest BCUT2D eigenvalue weighted by Gasteiger charge is -2.33. The molecule has 1 fully saturated rings. The second-order valence-corrected chi connectivity index (χ2v) is 6.02. The van der Waals surface area contributed by atoms with Crippen LogP contribution in [-0.4, -0.2) is 54.6 Å². The molecule has 1 aliphatic heterocycles. The predicted octanol–water partition coefficient (Wildman–Crippen LogP) is 1.24. The number of hydrogen-bond donors (Lipinski definition) is 1. The van der Waals surface area contributed by atoms with Gasteiger partial charge in [-0.1, -0.05) is 0 Å². The number of ketones is 1. The maximum absolute atomic E-state index is 12.3. The van der Waals surface area contributed by atoms with E-state index in [1.165, 1.54) is 0 Å². The van der Waals surface area contributed by atoms with Gasteiger partial charge in [-0.15, -0.1) is 0 Å². The Bertz CT molecular complexity index is 339. The normalized spacial score (nSPS) is 20.7. The van der Waals surface area contributed by atoms with E-state index in [-0.39, 0.29) is 25.5 Å². The molecule has 0 aromatic carbocycles. The molecule has 1 saturated heterocycles. The third kappa shape index (κ3) is 4.56. The van der Waals surface area contributed by atoms with Gasteiger partial charge in [-0.25, -0.2) is 0 Å². The summed E-state index contributed by atoms with van der Waals surface area (Å²) in [6, 6.07) is 0. The standard InChI is InChI=1S/C15H27NO4/c1-4-20-14(19)15(2,3)13(18)11-16-8-5-6-12(10-16)7-9-17/h12,17H,4-11H2,1-3H3. The highest BCUT2D eigenvalue weighted by molar-refractivity contribution is 6.03. The Kier molecular flexibility index (Phi) is 6.62. The van der Waals surface area contributed by atoms with Gasteiger partial charge in [0.1, 0.15) is 5.41 Å². The van der Waals surface area contributed by atoms with Crippen LogP contribution in [0.1, 0.15) is 40.0 Å². The zero-order valence-corrected chi connectivity index (χ0v) is 12.9. The number of piperidine rings is 1. The lowest BCUT2D eigenvalue weighted by molar-refractivity contribution is -0.158. The molecule has 0 amide bonds. The van der Waals surface area contributed by atoms with Crippen LogP contribution < -0.4 is 0 Å². The summed E-state index contributed by atoms with van der Waals surface area (Å²) in [4.78, 5) is 26.2. The molecule has 0 bridgehead atoms. The number of carbonyl (C=O) groups is 2. The molecule has 116 valence electrons. The van der Waals surface area contributed by atoms with Gasteiger partial charge in [-0.05, 0) is 52.5 Å². The smallest absolute Gasteiger partial charge is 0.319 e. The minimum absolute atomic E-state index is 0.0967. The molecule has 0 spiro atoms. The van der Waals surface area contributed by atoms with Crippen LogP contribution in [0.4, 0.5) is 0 Å². The Labute approximate surface area is 121 Å². The molecule has 1 aliphatic rings. The van der Waals surface area contributed by atoms with E-state index in [1.807, 2.05) is 0 Å². The first-order chi connectivity index (χ1) is 9.41. The number of nitrogens with zero attached hydrogens (tertiary/aromatic N) is 1. The van der Waals surface area contributed by atoms with Gasteiger partial charge in [0.2, 0.25) is 0 Å². The van der Waals surface area contributed by atoms with Crippen molar-refractivity contribution in [1.29, 1.82) is 0 Å². The van der Waals surface area contributed by atoms with Crippen molar-refractivity contribution >= 4 is 11.8 Å². The third-order valence-electron chi connectivity index (χ3n) is 3.99. The van der Waals surface area contributed by atoms with Crippen LogP contribution in [0.15, 0.2) is 0 Å². The van der Waals surface area contributed by atoms with Crippen LogP contribution in [0.2, 0.25) is 0 Å². The average molecular weight is 285 g/mol. The van der Waals surface area contributed by atoms with Gasteiger partial charge in [0.15, 0.2) is 5.78 Å². The summed E-state index contributed by atoms with van der Waals surface area (Å²) in [7, 11) is 0. The van der Waals surface area contributed by atoms with Crippen molar-refractivity contribution in [2.24, 2.45) is 11.3 Å². The lowest BCUT2D eigenvalue weighted by Crippen LogP contribution is -2.45. The van der Waals surface area contributed by atoms with E-state index in [0.29, 0.717) is 5.92 Å². The second-order valence-electron chi connectivity index (χ2n) is 6.02. The maximum Gasteiger partial charge on any atom is 0.319 e. The molecular formula is C15H27NO4. The van der Waals surface area contributed by atoms with Crippen molar-refractivity contribution < 1.29 is 19.4 Å². The van der Waals surface area contributed by atoms with E-state index in [0.717, 1.165) is 32.4 Å². The molecule has 5 heteroatoms. The monoisotopic (exact) mass is 285 g/mol. The van der Waals surface area contributed by atoms with E-state index in [2.05, 4.69) is 4.90 Å². The van der Waals surface area contributed by atoms with Crippen molar-refractivity contribution in [2.75, 3.05) is 32.8 Å². The van der Waals surface area contributed by atoms with E-state index >= 15 is 0 Å². The highest BCUT2D eigenvalue weighted by atomic mass is 16.5. The molecule has 1 N–H and O–H groups in total. The Morgan fingerprint density at radius 1 is 1.40 bits per heavy atom. The Morgan fingerprint density at radius 2 is 2.10 bits per heavy atom. The van der Waals surface area contributed by atoms with Crippen LogP contribution in [0.25, 0.3) is 0 Å². The molecule has 20 heavy (non-hydrogen) atoms. The SMILES string of the molecule is CCOC(=O)C(C)(C)C(=O)CN1CCCC(CCO)C1. The fourth-order valence-corrected chi connectivity index (χ4v) is 2.54. The number of aliphatic hydroxyl groups excluding tert-OH is 1. The van der Waals surface area contributed by atoms with E-state index < -0.39 is 11.4 Å². The van der Waals surface area contributed by atoms with Gasteiger partial charge in [0.25, 0.3) is 0 Å². The number of rotatable bonds is 7. The molecule has 0 aromatic rings. The molecule has 0 saturated carbocycles. The molecule has 1 heterocycles. The van der Waals surface area contributed by atoms with Gasteiger partial charge in [-0.3, -0.25) is 14.5 Å². The van der Waals surface area contributed by atoms with Gasteiger partial charge in [0.05, 0.1) is 13.2 Å². The Morgan fingerprint density at radius 3 is 2.70 bits per heavy atom. The van der Waals surface area contributed by atoms with Crippen LogP contribution in [-0.2, 0) is 14.3 Å². The molecule has 0 aliphatic carbocycles. The molecule has 5 nitrogen and oxygen atoms in total. The van der Waals surface area contributed by atoms with E-state index in [4.69, 9.17) is 9.84 Å². The van der Waals surface area contributed by atoms with Crippen molar-refractivity contribution in [2.45, 2.75) is 40.0 Å². The zero-order valence-electron chi connectivity index (χ0n) is 12.9. The van der Waals surface area contributed by atoms with E-state index in [9.17, 15) is 9.59 Å². The molecule has 1 unspecified atom stereocenters. The van der Waals surface area contributed by atoms with Crippen LogP contribution in [0.3, 0.4) is 0 Å². The van der Waals surface area contributed by atoms with Crippen LogP contribution in [0, 0.1) is 11.3 Å². The largest absolute Gasteiger partial charge is 0.465 e. The fourth-order valence-electron chi connectivity index (χ4n) is 2.54. The molecule has 1 atom stereocenters. The van der Waals surface area contributed by atoms with Crippen molar-refractivity contribution in [3.63, 3.8) is 0 Å². The quantitative estimate of drug-likeness (QED) is 0.563. The number of esters is 1. The summed E-state index contributed by atoms with van der Waals surface area (Å²) in [5.74, 6) is -0.0956. The second kappa shape index (κ2) is 7.74. The zero-order chi connectivity index (χ0) is 15.2. The highest BCUT2D eigenvalue weighted by Crippen LogP contribution is 2.23. The highest BCUT2D eigenvalue weighted by Gasteiger charge is 2.38. The lowest BCUT2D eigenvalue weighted by atomic mass is 9.87. The molecular weight excluding hydrogens is 258 g/mol. The van der Waals surface area contributed by atoms with Gasteiger partial charge < -0.3 is 9.84 Å². The van der Waals surface area contributed by atoms with Crippen molar-refractivity contribution in [3.8, 4) is 0 Å². The molecule has 0 radical (unpaired) electrons. The summed E-state index contributed by atoms with van der Waals surface area (Å²) in [6.07, 6.45) is 2.93. The van der Waals surface area contributed by atoms with Crippen LogP contribution in [0.5, 0.6) is 0 Å². The number of likely N-dealkylation sites (tertiary alicyclic amines) is 1. The first-order valence-corrected chi connectivity index (χ1v) is 7.45. The topological polar surface area (TPSA) is 66.8 Å². The summed E-state index contributed by atoms with van der Waals surface area (Å²) >= 11 is 0. The number of aliphatic hydroxyl groups is 1. The fraction of sp³-hybridized carbons (Fsp3) is 0.867. The number of carbonyl (C=O) groups excluding carboxylic acids is 2. The number of hydrogen-bond acceptors (Lipinski definition) is 5. The Hall–Kier alpha value is -0.940. The first kappa shape index (κ1) is 17.1. The van der Waals surface area contributed by atoms with Gasteiger partial charge in [0, 0.05) is 13.2 Å². The predicted molar refractivity (Wildman–Crippen MR) is 76.3 cm³/mol. The minimum Gasteiger partial charge on any atom is -0.465 e. The van der Waals surface area contributed by atoms with Gasteiger partial charge in [-0.2, -0.15) is 0 Å². The third-order valence-corrected chi connectivity index (χ3v) is 3.99. The Balaban J connectivity index is 2.54. The first-order valence-electron chi connectivity index (χ1n) is 7.45. The molecule has 0 aromatic heterocycles. The van der Waals surface area contributed by atoms with E-state index in [1.54, 1.807) is 20.8 Å². The maximum atomic E-state index is 12.3. The minimum atomic E-state index is -1.08. The number of Topliss-reactive ketones (excluding diaryl/α,β-unsaturated/α-hetero) is 1. The summed E-state index contributed by atoms with van der Waals surface area (Å²) in [6.45, 7) is 7.47. The van der Waals surface area contributed by atoms with Gasteiger partial charge >= 0.3 is 5.97 Å². The number of ether oxygens (including phenoxy) is 1. The summed E-state index contributed by atoms with van der Waals surface area (Å²) < 4.78 is 4.97. The summed E-state index contributed by atoms with van der Waals surface area (Å²) in [5, 5.41) is 9.00. The average Bonchev–Trinajstić information content (AvgIpc) is 2.39. The van der Waals surface area contributed by atoms with Crippen molar-refractivity contribution in [3.05, 3.63) is 0 Å². The van der Waals surface area contributed by atoms with Crippen molar-refractivity contribution in [1.82, 2.24) is 4.90 Å². The summed E-state index contributed by atoms with van der Waals surface area (Å²) in [5.41, 5.74) is -1.08. The molecule has 1 rings (SSSR count).